The van der Waals surface area contributed by atoms with Crippen molar-refractivity contribution in [2.75, 3.05) is 33.0 Å². The molecule has 0 aliphatic heterocycles. The van der Waals surface area contributed by atoms with Crippen molar-refractivity contribution >= 4 is 13.8 Å². The van der Waals surface area contributed by atoms with E-state index in [9.17, 15) is 14.3 Å². The summed E-state index contributed by atoms with van der Waals surface area (Å²) >= 11 is 0. The molecule has 2 unspecified atom stereocenters. The summed E-state index contributed by atoms with van der Waals surface area (Å²) in [6.07, 6.45) is 44.2. The summed E-state index contributed by atoms with van der Waals surface area (Å²) in [7, 11) is -4.27. The van der Waals surface area contributed by atoms with E-state index >= 15 is 0 Å². The molecule has 2 atom stereocenters. The summed E-state index contributed by atoms with van der Waals surface area (Å²) in [5.41, 5.74) is 5.37. The third kappa shape index (κ3) is 42.5. The van der Waals surface area contributed by atoms with E-state index in [0.717, 1.165) is 32.1 Å². The second-order valence-electron chi connectivity index (χ2n) is 15.6. The third-order valence-corrected chi connectivity index (χ3v) is 11.3. The fourth-order valence-corrected chi connectivity index (χ4v) is 7.65. The Bertz CT molecular complexity index is 787. The van der Waals surface area contributed by atoms with Gasteiger partial charge in [-0.1, -0.05) is 219 Å². The van der Waals surface area contributed by atoms with Crippen molar-refractivity contribution < 1.29 is 32.8 Å². The fourth-order valence-electron chi connectivity index (χ4n) is 6.88. The predicted octanol–water partition coefficient (Wildman–Crippen LogP) is 13.7. The minimum atomic E-state index is -4.27. The summed E-state index contributed by atoms with van der Waals surface area (Å²) in [4.78, 5) is 22.5. The molecule has 53 heavy (non-hydrogen) atoms. The highest BCUT2D eigenvalue weighted by Crippen LogP contribution is 2.43. The molecular formula is C44H90NO7P. The molecule has 0 aromatic heterocycles. The maximum Gasteiger partial charge on any atom is 0.472 e. The maximum atomic E-state index is 12.6. The van der Waals surface area contributed by atoms with E-state index in [1.807, 2.05) is 0 Å². The first-order valence-corrected chi connectivity index (χ1v) is 24.5. The quantitative estimate of drug-likeness (QED) is 0.0357. The van der Waals surface area contributed by atoms with Crippen molar-refractivity contribution in [1.82, 2.24) is 0 Å². The van der Waals surface area contributed by atoms with Crippen molar-refractivity contribution in [3.63, 3.8) is 0 Å². The van der Waals surface area contributed by atoms with Crippen LogP contribution < -0.4 is 5.73 Å². The Kier molecular flexibility index (Phi) is 42.2. The molecule has 0 aromatic carbocycles. The van der Waals surface area contributed by atoms with Gasteiger partial charge in [0.15, 0.2) is 0 Å². The van der Waals surface area contributed by atoms with Crippen molar-refractivity contribution in [1.29, 1.82) is 0 Å². The number of ether oxygens (including phenoxy) is 2. The van der Waals surface area contributed by atoms with Gasteiger partial charge in [0.05, 0.1) is 19.8 Å². The molecular weight excluding hydrogens is 685 g/mol. The number of nitrogens with two attached hydrogens (primary N) is 1. The highest BCUT2D eigenvalue weighted by Gasteiger charge is 2.25. The Morgan fingerprint density at radius 2 is 0.830 bits per heavy atom. The molecule has 0 rings (SSSR count). The molecule has 9 heteroatoms. The van der Waals surface area contributed by atoms with Crippen LogP contribution in [-0.2, 0) is 27.9 Å². The highest BCUT2D eigenvalue weighted by molar-refractivity contribution is 7.47. The summed E-state index contributed by atoms with van der Waals surface area (Å²) in [5.74, 6) is -0.323. The van der Waals surface area contributed by atoms with Crippen LogP contribution in [-0.4, -0.2) is 49.9 Å². The largest absolute Gasteiger partial charge is 0.472 e. The number of carbonyl (C=O) groups excluding carboxylic acids is 1. The van der Waals surface area contributed by atoms with Gasteiger partial charge in [-0.05, 0) is 12.8 Å². The summed E-state index contributed by atoms with van der Waals surface area (Å²) in [6.45, 7) is 4.98. The van der Waals surface area contributed by atoms with Gasteiger partial charge in [-0.15, -0.1) is 0 Å². The monoisotopic (exact) mass is 776 g/mol. The lowest BCUT2D eigenvalue weighted by molar-refractivity contribution is -0.154. The zero-order valence-corrected chi connectivity index (χ0v) is 36.2. The van der Waals surface area contributed by atoms with E-state index in [1.165, 1.54) is 186 Å². The number of phosphoric ester groups is 1. The van der Waals surface area contributed by atoms with E-state index in [0.29, 0.717) is 13.0 Å². The number of esters is 1. The molecule has 0 fully saturated rings. The van der Waals surface area contributed by atoms with Crippen LogP contribution in [0.15, 0.2) is 0 Å². The van der Waals surface area contributed by atoms with Crippen LogP contribution in [0.25, 0.3) is 0 Å². The molecule has 0 aliphatic rings. The van der Waals surface area contributed by atoms with Crippen molar-refractivity contribution in [3.8, 4) is 0 Å². The molecule has 0 radical (unpaired) electrons. The molecule has 0 amide bonds. The molecule has 0 spiro atoms. The standard InChI is InChI=1S/C44H90NO7P/c1-3-5-7-9-11-13-15-16-17-18-19-20-21-22-23-24-25-26-27-29-31-33-35-37-44(46)52-43(42-51-53(47,48)50-40-38-45)41-49-39-36-34-32-30-28-14-12-10-8-6-4-2/h43H,3-42,45H2,1-2H3,(H,47,48). The molecule has 3 N–H and O–H groups in total. The van der Waals surface area contributed by atoms with E-state index in [4.69, 9.17) is 24.3 Å². The van der Waals surface area contributed by atoms with Gasteiger partial charge in [-0.3, -0.25) is 13.8 Å². The number of rotatable bonds is 45. The average molecular weight is 776 g/mol. The van der Waals surface area contributed by atoms with Gasteiger partial charge in [0.1, 0.15) is 6.10 Å². The van der Waals surface area contributed by atoms with Gasteiger partial charge in [0.25, 0.3) is 0 Å². The van der Waals surface area contributed by atoms with Gasteiger partial charge in [-0.25, -0.2) is 4.57 Å². The molecule has 318 valence electrons. The van der Waals surface area contributed by atoms with Crippen LogP contribution in [0.3, 0.4) is 0 Å². The van der Waals surface area contributed by atoms with Gasteiger partial charge in [-0.2, -0.15) is 0 Å². The number of hydrogen-bond donors (Lipinski definition) is 2. The zero-order chi connectivity index (χ0) is 38.8. The summed E-state index contributed by atoms with van der Waals surface area (Å²) in [6, 6.07) is 0. The Morgan fingerprint density at radius 3 is 1.19 bits per heavy atom. The first kappa shape index (κ1) is 52.5. The summed E-state index contributed by atoms with van der Waals surface area (Å²) < 4.78 is 33.4. The second-order valence-corrected chi connectivity index (χ2v) is 17.1. The number of hydrogen-bond acceptors (Lipinski definition) is 7. The molecule has 0 bridgehead atoms. The molecule has 0 heterocycles. The second kappa shape index (κ2) is 42.6. The van der Waals surface area contributed by atoms with Crippen molar-refractivity contribution in [3.05, 3.63) is 0 Å². The molecule has 8 nitrogen and oxygen atoms in total. The normalized spacial score (nSPS) is 13.4. The van der Waals surface area contributed by atoms with Crippen molar-refractivity contribution in [2.24, 2.45) is 5.73 Å². The van der Waals surface area contributed by atoms with Crippen LogP contribution in [0, 0.1) is 0 Å². The number of phosphoric acid groups is 1. The van der Waals surface area contributed by atoms with E-state index in [1.54, 1.807) is 0 Å². The van der Waals surface area contributed by atoms with Crippen LogP contribution in [0.2, 0.25) is 0 Å². The molecule has 0 aliphatic carbocycles. The highest BCUT2D eigenvalue weighted by atomic mass is 31.2. The maximum absolute atomic E-state index is 12.6. The van der Waals surface area contributed by atoms with E-state index in [2.05, 4.69) is 13.8 Å². The third-order valence-electron chi connectivity index (χ3n) is 10.3. The van der Waals surface area contributed by atoms with Crippen molar-refractivity contribution in [2.45, 2.75) is 245 Å². The van der Waals surface area contributed by atoms with Crippen LogP contribution in [0.1, 0.15) is 239 Å². The number of carbonyl (C=O) groups is 1. The Morgan fingerprint density at radius 1 is 0.491 bits per heavy atom. The molecule has 0 saturated heterocycles. The zero-order valence-electron chi connectivity index (χ0n) is 35.3. The Labute approximate surface area is 329 Å². The van der Waals surface area contributed by atoms with Gasteiger partial charge >= 0.3 is 13.8 Å². The lowest BCUT2D eigenvalue weighted by Crippen LogP contribution is -2.28. The first-order valence-electron chi connectivity index (χ1n) is 23.0. The van der Waals surface area contributed by atoms with E-state index in [-0.39, 0.29) is 32.3 Å². The van der Waals surface area contributed by atoms with Gasteiger partial charge in [0, 0.05) is 19.6 Å². The first-order chi connectivity index (χ1) is 25.9. The van der Waals surface area contributed by atoms with Crippen LogP contribution in [0.5, 0.6) is 0 Å². The minimum absolute atomic E-state index is 0.0902. The lowest BCUT2D eigenvalue weighted by Gasteiger charge is -2.20. The van der Waals surface area contributed by atoms with Crippen LogP contribution in [0.4, 0.5) is 0 Å². The summed E-state index contributed by atoms with van der Waals surface area (Å²) in [5, 5.41) is 0. The molecule has 0 saturated carbocycles. The lowest BCUT2D eigenvalue weighted by atomic mass is 10.0. The van der Waals surface area contributed by atoms with Gasteiger partial charge < -0.3 is 20.1 Å². The smallest absolute Gasteiger partial charge is 0.457 e. The van der Waals surface area contributed by atoms with E-state index < -0.39 is 13.9 Å². The minimum Gasteiger partial charge on any atom is -0.457 e. The number of unbranched alkanes of at least 4 members (excludes halogenated alkanes) is 32. The van der Waals surface area contributed by atoms with Crippen LogP contribution >= 0.6 is 7.82 Å². The molecule has 0 aromatic rings. The predicted molar refractivity (Wildman–Crippen MR) is 224 cm³/mol. The Balaban J connectivity index is 3.85. The SMILES string of the molecule is CCCCCCCCCCCCCCCCCCCCCCCCCC(=O)OC(COCCCCCCCCCCCCC)COP(=O)(O)OCCN. The van der Waals surface area contributed by atoms with Gasteiger partial charge in [0.2, 0.25) is 0 Å². The average Bonchev–Trinajstić information content (AvgIpc) is 3.15. The Hall–Kier alpha value is -0.500. The topological polar surface area (TPSA) is 117 Å². The fraction of sp³-hybridized carbons (Fsp3) is 0.977.